The zero-order valence-electron chi connectivity index (χ0n) is 29.9. The van der Waals surface area contributed by atoms with E-state index in [1.807, 2.05) is 0 Å². The molecule has 4 aromatic rings. The molecule has 4 aromatic carbocycles. The SMILES string of the molecule is CCCCCCCCCCC1(CCCCCCCCCC)c2ccccc2-c2ccc(N(c3ccccc3)c3ccc(C)cc3)cc21. The molecule has 0 aromatic heterocycles. The van der Waals surface area contributed by atoms with Crippen LogP contribution in [0.25, 0.3) is 11.1 Å². The summed E-state index contributed by atoms with van der Waals surface area (Å²) < 4.78 is 0. The second-order valence-electron chi connectivity index (χ2n) is 14.3. The van der Waals surface area contributed by atoms with Gasteiger partial charge in [-0.05, 0) is 78.4 Å². The fraction of sp³-hybridized carbons (Fsp3) is 0.478. The first-order valence-corrected chi connectivity index (χ1v) is 19.3. The number of hydrogen-bond donors (Lipinski definition) is 0. The van der Waals surface area contributed by atoms with Crippen LogP contribution in [0.15, 0.2) is 97.1 Å². The Hall–Kier alpha value is -3.32. The van der Waals surface area contributed by atoms with E-state index in [1.54, 1.807) is 11.1 Å². The minimum atomic E-state index is 0.0853. The van der Waals surface area contributed by atoms with Gasteiger partial charge in [0, 0.05) is 22.5 Å². The maximum absolute atomic E-state index is 2.58. The number of nitrogens with zero attached hydrogens (tertiary/aromatic N) is 1. The molecule has 0 heterocycles. The highest BCUT2D eigenvalue weighted by molar-refractivity contribution is 5.85. The van der Waals surface area contributed by atoms with Crippen LogP contribution in [0.5, 0.6) is 0 Å². The molecule has 0 N–H and O–H groups in total. The standard InChI is InChI=1S/C46H61N/c1-4-6-8-10-12-14-16-23-35-46(36-24-17-15-13-11-9-7-5-2)44-28-22-21-27-42(44)43-34-33-41(37-45(43)46)47(39-25-19-18-20-26-39)40-31-29-38(3)30-32-40/h18-22,25-34,37H,4-17,23-24,35-36H2,1-3H3. The van der Waals surface area contributed by atoms with E-state index in [0.29, 0.717) is 0 Å². The Kier molecular flexibility index (Phi) is 13.6. The molecule has 0 bridgehead atoms. The number of hydrogen-bond acceptors (Lipinski definition) is 1. The third-order valence-electron chi connectivity index (χ3n) is 10.7. The zero-order chi connectivity index (χ0) is 32.7. The molecule has 0 amide bonds. The summed E-state index contributed by atoms with van der Waals surface area (Å²) in [5.41, 5.74) is 11.1. The van der Waals surface area contributed by atoms with Gasteiger partial charge >= 0.3 is 0 Å². The highest BCUT2D eigenvalue weighted by Crippen LogP contribution is 2.55. The number of anilines is 3. The molecule has 5 rings (SSSR count). The summed E-state index contributed by atoms with van der Waals surface area (Å²) in [5.74, 6) is 0. The van der Waals surface area contributed by atoms with Crippen LogP contribution in [0.2, 0.25) is 0 Å². The Bertz CT molecular complexity index is 1450. The predicted octanol–water partition coefficient (Wildman–Crippen LogP) is 14.8. The van der Waals surface area contributed by atoms with Gasteiger partial charge in [0.15, 0.2) is 0 Å². The highest BCUT2D eigenvalue weighted by atomic mass is 15.1. The zero-order valence-corrected chi connectivity index (χ0v) is 29.9. The summed E-state index contributed by atoms with van der Waals surface area (Å²) in [6.45, 7) is 6.80. The van der Waals surface area contributed by atoms with Crippen molar-refractivity contribution in [3.05, 3.63) is 114 Å². The van der Waals surface area contributed by atoms with Crippen molar-refractivity contribution in [1.29, 1.82) is 0 Å². The molecule has 0 atom stereocenters. The molecule has 0 unspecified atom stereocenters. The largest absolute Gasteiger partial charge is 0.310 e. The number of fused-ring (bicyclic) bond motifs is 3. The number of unbranched alkanes of at least 4 members (excludes halogenated alkanes) is 14. The van der Waals surface area contributed by atoms with Crippen molar-refractivity contribution < 1.29 is 0 Å². The van der Waals surface area contributed by atoms with Gasteiger partial charge < -0.3 is 4.90 Å². The van der Waals surface area contributed by atoms with E-state index in [0.717, 1.165) is 0 Å². The van der Waals surface area contributed by atoms with E-state index >= 15 is 0 Å². The monoisotopic (exact) mass is 627 g/mol. The van der Waals surface area contributed by atoms with E-state index in [9.17, 15) is 0 Å². The van der Waals surface area contributed by atoms with E-state index in [2.05, 4.69) is 123 Å². The molecule has 250 valence electrons. The molecule has 0 fully saturated rings. The van der Waals surface area contributed by atoms with Gasteiger partial charge in [-0.15, -0.1) is 0 Å². The second kappa shape index (κ2) is 18.3. The van der Waals surface area contributed by atoms with Crippen LogP contribution in [-0.4, -0.2) is 0 Å². The summed E-state index contributed by atoms with van der Waals surface area (Å²) >= 11 is 0. The molecule has 1 heteroatoms. The van der Waals surface area contributed by atoms with Crippen LogP contribution < -0.4 is 4.90 Å². The van der Waals surface area contributed by atoms with Crippen LogP contribution in [0.1, 0.15) is 146 Å². The normalized spacial score (nSPS) is 13.0. The van der Waals surface area contributed by atoms with Crippen LogP contribution in [0.4, 0.5) is 17.1 Å². The molecular weight excluding hydrogens is 567 g/mol. The van der Waals surface area contributed by atoms with Crippen molar-refractivity contribution >= 4 is 17.1 Å². The molecule has 0 saturated heterocycles. The van der Waals surface area contributed by atoms with Gasteiger partial charge in [-0.3, -0.25) is 0 Å². The van der Waals surface area contributed by atoms with Crippen molar-refractivity contribution in [2.24, 2.45) is 0 Å². The summed E-state index contributed by atoms with van der Waals surface area (Å²) in [7, 11) is 0. The Morgan fingerprint density at radius 3 is 1.49 bits per heavy atom. The first kappa shape index (κ1) is 35.0. The maximum Gasteiger partial charge on any atom is 0.0465 e. The summed E-state index contributed by atoms with van der Waals surface area (Å²) in [5, 5.41) is 0. The number of benzene rings is 4. The van der Waals surface area contributed by atoms with Crippen LogP contribution in [-0.2, 0) is 5.41 Å². The topological polar surface area (TPSA) is 3.24 Å². The molecular formula is C46H61N. The summed E-state index contributed by atoms with van der Waals surface area (Å²) in [6, 6.07) is 36.8. The van der Waals surface area contributed by atoms with Crippen LogP contribution >= 0.6 is 0 Å². The average molecular weight is 628 g/mol. The van der Waals surface area contributed by atoms with Crippen molar-refractivity contribution in [2.45, 2.75) is 142 Å². The van der Waals surface area contributed by atoms with Crippen LogP contribution in [0.3, 0.4) is 0 Å². The van der Waals surface area contributed by atoms with Crippen LogP contribution in [0, 0.1) is 6.92 Å². The predicted molar refractivity (Wildman–Crippen MR) is 207 cm³/mol. The van der Waals surface area contributed by atoms with Gasteiger partial charge in [0.05, 0.1) is 0 Å². The van der Waals surface area contributed by atoms with Gasteiger partial charge in [0.25, 0.3) is 0 Å². The third-order valence-corrected chi connectivity index (χ3v) is 10.7. The minimum Gasteiger partial charge on any atom is -0.310 e. The maximum atomic E-state index is 2.58. The first-order valence-electron chi connectivity index (χ1n) is 19.3. The molecule has 1 aliphatic rings. The second-order valence-corrected chi connectivity index (χ2v) is 14.3. The van der Waals surface area contributed by atoms with Crippen molar-refractivity contribution in [2.75, 3.05) is 4.90 Å². The van der Waals surface area contributed by atoms with E-state index in [4.69, 9.17) is 0 Å². The highest BCUT2D eigenvalue weighted by Gasteiger charge is 2.42. The van der Waals surface area contributed by atoms with Gasteiger partial charge in [-0.1, -0.05) is 183 Å². The van der Waals surface area contributed by atoms with E-state index in [-0.39, 0.29) is 5.41 Å². The lowest BCUT2D eigenvalue weighted by Gasteiger charge is -2.34. The first-order chi connectivity index (χ1) is 23.2. The third kappa shape index (κ3) is 8.98. The van der Waals surface area contributed by atoms with Crippen molar-refractivity contribution in [1.82, 2.24) is 0 Å². The van der Waals surface area contributed by atoms with Crippen molar-refractivity contribution in [3.63, 3.8) is 0 Å². The molecule has 47 heavy (non-hydrogen) atoms. The molecule has 0 radical (unpaired) electrons. The Morgan fingerprint density at radius 2 is 0.894 bits per heavy atom. The van der Waals surface area contributed by atoms with E-state index in [1.165, 1.54) is 149 Å². The molecule has 0 aliphatic heterocycles. The fourth-order valence-corrected chi connectivity index (χ4v) is 8.09. The average Bonchev–Trinajstić information content (AvgIpc) is 3.37. The lowest BCUT2D eigenvalue weighted by molar-refractivity contribution is 0.397. The molecule has 0 spiro atoms. The lowest BCUT2D eigenvalue weighted by Crippen LogP contribution is -2.26. The van der Waals surface area contributed by atoms with E-state index < -0.39 is 0 Å². The summed E-state index contributed by atoms with van der Waals surface area (Å²) in [4.78, 5) is 2.46. The Labute approximate surface area is 287 Å². The lowest BCUT2D eigenvalue weighted by atomic mass is 9.70. The molecule has 0 saturated carbocycles. The quantitative estimate of drug-likeness (QED) is 0.0831. The van der Waals surface area contributed by atoms with Gasteiger partial charge in [0.2, 0.25) is 0 Å². The molecule has 1 aliphatic carbocycles. The Balaban J connectivity index is 1.46. The van der Waals surface area contributed by atoms with Gasteiger partial charge in [-0.25, -0.2) is 0 Å². The Morgan fingerprint density at radius 1 is 0.426 bits per heavy atom. The fourth-order valence-electron chi connectivity index (χ4n) is 8.09. The minimum absolute atomic E-state index is 0.0853. The van der Waals surface area contributed by atoms with Gasteiger partial charge in [0.1, 0.15) is 0 Å². The molecule has 1 nitrogen and oxygen atoms in total. The number of aryl methyl sites for hydroxylation is 1. The number of para-hydroxylation sites is 1. The summed E-state index contributed by atoms with van der Waals surface area (Å²) in [6.07, 6.45) is 24.4. The van der Waals surface area contributed by atoms with Crippen molar-refractivity contribution in [3.8, 4) is 11.1 Å². The van der Waals surface area contributed by atoms with Gasteiger partial charge in [-0.2, -0.15) is 0 Å². The number of rotatable bonds is 21. The smallest absolute Gasteiger partial charge is 0.0465 e.